The van der Waals surface area contributed by atoms with E-state index in [2.05, 4.69) is 35.0 Å². The summed E-state index contributed by atoms with van der Waals surface area (Å²) in [6.45, 7) is 6.44. The van der Waals surface area contributed by atoms with Gasteiger partial charge in [-0.1, -0.05) is 35.9 Å². The molecular weight excluding hydrogens is 286 g/mol. The number of aryl methyl sites for hydroxylation is 1. The Morgan fingerprint density at radius 3 is 2.57 bits per heavy atom. The Balaban J connectivity index is 1.49. The molecule has 0 unspecified atom stereocenters. The van der Waals surface area contributed by atoms with Crippen LogP contribution < -0.4 is 0 Å². The highest BCUT2D eigenvalue weighted by Crippen LogP contribution is 2.11. The van der Waals surface area contributed by atoms with Crippen molar-refractivity contribution in [3.8, 4) is 0 Å². The molecule has 0 saturated carbocycles. The van der Waals surface area contributed by atoms with Gasteiger partial charge >= 0.3 is 0 Å². The van der Waals surface area contributed by atoms with Crippen LogP contribution >= 0.6 is 0 Å². The first-order valence-electron chi connectivity index (χ1n) is 8.15. The number of benzene rings is 1. The van der Waals surface area contributed by atoms with Crippen LogP contribution in [0.2, 0.25) is 0 Å². The molecule has 1 saturated heterocycles. The Morgan fingerprint density at radius 2 is 1.87 bits per heavy atom. The van der Waals surface area contributed by atoms with Crippen LogP contribution in [0, 0.1) is 6.92 Å². The molecule has 1 aromatic heterocycles. The maximum Gasteiger partial charge on any atom is 0.227 e. The normalized spacial score (nSPS) is 15.6. The maximum atomic E-state index is 12.4. The van der Waals surface area contributed by atoms with E-state index in [1.165, 1.54) is 11.1 Å². The SMILES string of the molecule is Cc1cccc(CC(=O)N2CCN(Cc3cccnc3)CC2)c1. The van der Waals surface area contributed by atoms with E-state index in [1.807, 2.05) is 29.3 Å². The predicted octanol–water partition coefficient (Wildman–Crippen LogP) is 2.28. The van der Waals surface area contributed by atoms with Crippen molar-refractivity contribution in [2.24, 2.45) is 0 Å². The molecule has 0 radical (unpaired) electrons. The molecule has 0 aliphatic carbocycles. The van der Waals surface area contributed by atoms with Gasteiger partial charge in [0.2, 0.25) is 5.91 Å². The van der Waals surface area contributed by atoms with Crippen molar-refractivity contribution >= 4 is 5.91 Å². The molecule has 1 amide bonds. The first-order chi connectivity index (χ1) is 11.2. The Bertz CT molecular complexity index is 649. The van der Waals surface area contributed by atoms with E-state index < -0.39 is 0 Å². The minimum absolute atomic E-state index is 0.233. The quantitative estimate of drug-likeness (QED) is 0.869. The minimum Gasteiger partial charge on any atom is -0.340 e. The molecule has 1 aromatic carbocycles. The number of rotatable bonds is 4. The van der Waals surface area contributed by atoms with Gasteiger partial charge in [0.05, 0.1) is 6.42 Å². The summed E-state index contributed by atoms with van der Waals surface area (Å²) in [7, 11) is 0. The molecule has 0 atom stereocenters. The summed E-state index contributed by atoms with van der Waals surface area (Å²) in [4.78, 5) is 21.0. The summed E-state index contributed by atoms with van der Waals surface area (Å²) in [5.74, 6) is 0.233. The molecule has 1 fully saturated rings. The summed E-state index contributed by atoms with van der Waals surface area (Å²) in [5, 5.41) is 0. The van der Waals surface area contributed by atoms with Crippen molar-refractivity contribution in [2.75, 3.05) is 26.2 Å². The lowest BCUT2D eigenvalue weighted by atomic mass is 10.1. The summed E-state index contributed by atoms with van der Waals surface area (Å²) in [6, 6.07) is 12.3. The second-order valence-corrected chi connectivity index (χ2v) is 6.18. The van der Waals surface area contributed by atoms with Gasteiger partial charge in [-0.25, -0.2) is 0 Å². The molecule has 2 aromatic rings. The summed E-state index contributed by atoms with van der Waals surface area (Å²) in [6.07, 6.45) is 4.21. The Kier molecular flexibility index (Phi) is 5.03. The number of nitrogens with zero attached hydrogens (tertiary/aromatic N) is 3. The third-order valence-corrected chi connectivity index (χ3v) is 4.29. The zero-order valence-corrected chi connectivity index (χ0v) is 13.6. The standard InChI is InChI=1S/C19H23N3O/c1-16-4-2-5-17(12-16)13-19(23)22-10-8-21(9-11-22)15-18-6-3-7-20-14-18/h2-7,12,14H,8-11,13,15H2,1H3. The number of amides is 1. The van der Waals surface area contributed by atoms with Gasteiger partial charge in [-0.3, -0.25) is 14.7 Å². The van der Waals surface area contributed by atoms with Gasteiger partial charge in [0, 0.05) is 45.1 Å². The highest BCUT2D eigenvalue weighted by atomic mass is 16.2. The van der Waals surface area contributed by atoms with Crippen molar-refractivity contribution in [1.29, 1.82) is 0 Å². The van der Waals surface area contributed by atoms with Crippen molar-refractivity contribution in [3.05, 3.63) is 65.5 Å². The highest BCUT2D eigenvalue weighted by molar-refractivity contribution is 5.79. The Hall–Kier alpha value is -2.20. The fourth-order valence-electron chi connectivity index (χ4n) is 3.01. The van der Waals surface area contributed by atoms with Crippen LogP contribution in [0.1, 0.15) is 16.7 Å². The van der Waals surface area contributed by atoms with Crippen molar-refractivity contribution in [2.45, 2.75) is 19.9 Å². The van der Waals surface area contributed by atoms with Crippen LogP contribution in [-0.4, -0.2) is 46.9 Å². The molecule has 0 spiro atoms. The fraction of sp³-hybridized carbons (Fsp3) is 0.368. The van der Waals surface area contributed by atoms with Crippen molar-refractivity contribution in [1.82, 2.24) is 14.8 Å². The van der Waals surface area contributed by atoms with Crippen LogP contribution in [0.15, 0.2) is 48.8 Å². The summed E-state index contributed by atoms with van der Waals surface area (Å²) < 4.78 is 0. The van der Waals surface area contributed by atoms with E-state index in [9.17, 15) is 4.79 Å². The number of piperazine rings is 1. The van der Waals surface area contributed by atoms with Gasteiger partial charge in [0.15, 0.2) is 0 Å². The average Bonchev–Trinajstić information content (AvgIpc) is 2.56. The topological polar surface area (TPSA) is 36.4 Å². The predicted molar refractivity (Wildman–Crippen MR) is 91.0 cm³/mol. The molecule has 0 bridgehead atoms. The number of pyridine rings is 1. The summed E-state index contributed by atoms with van der Waals surface area (Å²) in [5.41, 5.74) is 3.54. The van der Waals surface area contributed by atoms with E-state index in [0.717, 1.165) is 38.3 Å². The minimum atomic E-state index is 0.233. The Labute approximate surface area is 137 Å². The molecule has 1 aliphatic rings. The zero-order valence-electron chi connectivity index (χ0n) is 13.6. The second-order valence-electron chi connectivity index (χ2n) is 6.18. The van der Waals surface area contributed by atoms with Gasteiger partial charge in [-0.05, 0) is 24.1 Å². The molecule has 1 aliphatic heterocycles. The number of hydrogen-bond acceptors (Lipinski definition) is 3. The van der Waals surface area contributed by atoms with Gasteiger partial charge in [0.25, 0.3) is 0 Å². The van der Waals surface area contributed by atoms with E-state index in [1.54, 1.807) is 6.20 Å². The Morgan fingerprint density at radius 1 is 1.09 bits per heavy atom. The second kappa shape index (κ2) is 7.38. The van der Waals surface area contributed by atoms with Crippen molar-refractivity contribution < 1.29 is 4.79 Å². The first kappa shape index (κ1) is 15.7. The molecule has 3 rings (SSSR count). The zero-order chi connectivity index (χ0) is 16.1. The van der Waals surface area contributed by atoms with Gasteiger partial charge in [0.1, 0.15) is 0 Å². The van der Waals surface area contributed by atoms with E-state index in [-0.39, 0.29) is 5.91 Å². The molecule has 23 heavy (non-hydrogen) atoms. The average molecular weight is 309 g/mol. The monoisotopic (exact) mass is 309 g/mol. The molecule has 4 nitrogen and oxygen atoms in total. The molecule has 0 N–H and O–H groups in total. The number of carbonyl (C=O) groups is 1. The first-order valence-corrected chi connectivity index (χ1v) is 8.15. The summed E-state index contributed by atoms with van der Waals surface area (Å²) >= 11 is 0. The number of aromatic nitrogens is 1. The van der Waals surface area contributed by atoms with E-state index >= 15 is 0 Å². The van der Waals surface area contributed by atoms with Gasteiger partial charge in [-0.2, -0.15) is 0 Å². The molecule has 4 heteroatoms. The van der Waals surface area contributed by atoms with Crippen LogP contribution in [-0.2, 0) is 17.8 Å². The molecule has 120 valence electrons. The van der Waals surface area contributed by atoms with Crippen LogP contribution in [0.5, 0.6) is 0 Å². The lowest BCUT2D eigenvalue weighted by Crippen LogP contribution is -2.48. The lowest BCUT2D eigenvalue weighted by molar-refractivity contribution is -0.132. The lowest BCUT2D eigenvalue weighted by Gasteiger charge is -2.34. The van der Waals surface area contributed by atoms with Crippen LogP contribution in [0.3, 0.4) is 0 Å². The maximum absolute atomic E-state index is 12.4. The largest absolute Gasteiger partial charge is 0.340 e. The fourth-order valence-corrected chi connectivity index (χ4v) is 3.01. The molecular formula is C19H23N3O. The van der Waals surface area contributed by atoms with Crippen molar-refractivity contribution in [3.63, 3.8) is 0 Å². The van der Waals surface area contributed by atoms with Crippen LogP contribution in [0.25, 0.3) is 0 Å². The van der Waals surface area contributed by atoms with Gasteiger partial charge < -0.3 is 4.90 Å². The smallest absolute Gasteiger partial charge is 0.227 e. The third-order valence-electron chi connectivity index (χ3n) is 4.29. The molecule has 2 heterocycles. The van der Waals surface area contributed by atoms with E-state index in [0.29, 0.717) is 6.42 Å². The van der Waals surface area contributed by atoms with E-state index in [4.69, 9.17) is 0 Å². The number of hydrogen-bond donors (Lipinski definition) is 0. The van der Waals surface area contributed by atoms with Gasteiger partial charge in [-0.15, -0.1) is 0 Å². The van der Waals surface area contributed by atoms with Crippen LogP contribution in [0.4, 0.5) is 0 Å². The third kappa shape index (κ3) is 4.39. The number of carbonyl (C=O) groups excluding carboxylic acids is 1. The highest BCUT2D eigenvalue weighted by Gasteiger charge is 2.21.